The Balaban J connectivity index is 2.01. The molecule has 3 rings (SSSR count). The Morgan fingerprint density at radius 2 is 1.51 bits per heavy atom. The van der Waals surface area contributed by atoms with Crippen LogP contribution >= 0.6 is 0 Å². The number of hydrogen-bond donors (Lipinski definition) is 1. The van der Waals surface area contributed by atoms with Crippen LogP contribution in [0.2, 0.25) is 0 Å². The highest BCUT2D eigenvalue weighted by Gasteiger charge is 2.21. The summed E-state index contributed by atoms with van der Waals surface area (Å²) in [4.78, 5) is 15.8. The lowest BCUT2D eigenvalue weighted by atomic mass is 10.1. The molecule has 0 aliphatic rings. The molecule has 1 N–H and O–H groups in total. The number of fused-ring (bicyclic) bond motifs is 1. The van der Waals surface area contributed by atoms with Crippen molar-refractivity contribution in [2.45, 2.75) is 47.0 Å². The molecule has 0 radical (unpaired) electrons. The number of phenols is 1. The van der Waals surface area contributed by atoms with E-state index in [9.17, 15) is 9.90 Å². The van der Waals surface area contributed by atoms with Crippen LogP contribution < -0.4 is 19.6 Å². The zero-order valence-electron chi connectivity index (χ0n) is 21.3. The van der Waals surface area contributed by atoms with E-state index in [1.54, 1.807) is 6.07 Å². The van der Waals surface area contributed by atoms with E-state index in [-0.39, 0.29) is 22.5 Å². The van der Waals surface area contributed by atoms with Gasteiger partial charge in [0.15, 0.2) is 5.76 Å². The van der Waals surface area contributed by atoms with E-state index in [0.29, 0.717) is 36.9 Å². The van der Waals surface area contributed by atoms with E-state index in [1.165, 1.54) is 6.07 Å². The van der Waals surface area contributed by atoms with Crippen molar-refractivity contribution in [3.63, 3.8) is 0 Å². The second-order valence-corrected chi connectivity index (χ2v) is 8.36. The fraction of sp³-hybridized carbons (Fsp3) is 0.464. The van der Waals surface area contributed by atoms with Crippen molar-refractivity contribution in [2.24, 2.45) is 0 Å². The predicted molar refractivity (Wildman–Crippen MR) is 139 cm³/mol. The normalized spacial score (nSPS) is 11.2. The largest absolute Gasteiger partial charge is 0.507 e. The summed E-state index contributed by atoms with van der Waals surface area (Å²) in [6.45, 7) is 12.6. The smallest absolute Gasteiger partial charge is 0.239 e. The Morgan fingerprint density at radius 3 is 2.14 bits per heavy atom. The molecule has 0 amide bonds. The number of benzene rings is 2. The molecule has 7 nitrogen and oxygen atoms in total. The zero-order valence-corrected chi connectivity index (χ0v) is 21.3. The third-order valence-corrected chi connectivity index (χ3v) is 5.73. The summed E-state index contributed by atoms with van der Waals surface area (Å²) in [5, 5.41) is 10.7. The van der Waals surface area contributed by atoms with Gasteiger partial charge < -0.3 is 28.6 Å². The molecule has 0 saturated heterocycles. The molecular formula is C28H37NO6. The second kappa shape index (κ2) is 13.0. The average molecular weight is 484 g/mol. The number of rotatable bonds is 14. The fourth-order valence-corrected chi connectivity index (χ4v) is 3.81. The van der Waals surface area contributed by atoms with Crippen LogP contribution in [0.5, 0.6) is 23.0 Å². The predicted octanol–water partition coefficient (Wildman–Crippen LogP) is 5.85. The van der Waals surface area contributed by atoms with Crippen molar-refractivity contribution in [3.8, 4) is 34.3 Å². The Hall–Kier alpha value is -3.19. The first-order chi connectivity index (χ1) is 17.0. The van der Waals surface area contributed by atoms with Gasteiger partial charge in [0.05, 0.1) is 19.8 Å². The van der Waals surface area contributed by atoms with Gasteiger partial charge in [-0.3, -0.25) is 4.79 Å². The molecule has 0 saturated carbocycles. The summed E-state index contributed by atoms with van der Waals surface area (Å²) in [5.41, 5.74) is 0.527. The van der Waals surface area contributed by atoms with E-state index in [1.807, 2.05) is 31.2 Å². The van der Waals surface area contributed by atoms with Gasteiger partial charge in [-0.1, -0.05) is 27.7 Å². The quantitative estimate of drug-likeness (QED) is 0.288. The average Bonchev–Trinajstić information content (AvgIpc) is 2.87. The highest BCUT2D eigenvalue weighted by Crippen LogP contribution is 2.36. The summed E-state index contributed by atoms with van der Waals surface area (Å²) < 4.78 is 23.5. The van der Waals surface area contributed by atoms with E-state index < -0.39 is 5.43 Å². The van der Waals surface area contributed by atoms with Crippen LogP contribution in [0.3, 0.4) is 0 Å². The van der Waals surface area contributed by atoms with Gasteiger partial charge in [-0.2, -0.15) is 0 Å². The molecule has 0 atom stereocenters. The van der Waals surface area contributed by atoms with Crippen LogP contribution in [-0.4, -0.2) is 49.5 Å². The van der Waals surface area contributed by atoms with Gasteiger partial charge in [0.2, 0.25) is 11.2 Å². The van der Waals surface area contributed by atoms with Gasteiger partial charge in [0.25, 0.3) is 0 Å². The number of hydrogen-bond acceptors (Lipinski definition) is 7. The minimum absolute atomic E-state index is 0.0826. The van der Waals surface area contributed by atoms with Gasteiger partial charge in [0.1, 0.15) is 28.2 Å². The molecule has 35 heavy (non-hydrogen) atoms. The third kappa shape index (κ3) is 6.69. The van der Waals surface area contributed by atoms with Crippen molar-refractivity contribution in [2.75, 3.05) is 39.5 Å². The minimum Gasteiger partial charge on any atom is -0.507 e. The number of phenolic OH excluding ortho intramolecular Hbond substituents is 1. The van der Waals surface area contributed by atoms with E-state index in [4.69, 9.17) is 18.6 Å². The van der Waals surface area contributed by atoms with Crippen molar-refractivity contribution < 1.29 is 23.7 Å². The molecule has 0 fully saturated rings. The summed E-state index contributed by atoms with van der Waals surface area (Å²) >= 11 is 0. The highest BCUT2D eigenvalue weighted by atomic mass is 16.5. The zero-order chi connectivity index (χ0) is 25.2. The third-order valence-electron chi connectivity index (χ3n) is 5.73. The van der Waals surface area contributed by atoms with Crippen molar-refractivity contribution in [3.05, 3.63) is 46.6 Å². The Bertz CT molecular complexity index is 1130. The van der Waals surface area contributed by atoms with E-state index in [0.717, 1.165) is 44.6 Å². The molecule has 0 aliphatic heterocycles. The van der Waals surface area contributed by atoms with Gasteiger partial charge in [0, 0.05) is 24.2 Å². The summed E-state index contributed by atoms with van der Waals surface area (Å²) in [6.07, 6.45) is 2.50. The maximum atomic E-state index is 13.5. The van der Waals surface area contributed by atoms with Crippen LogP contribution in [0.25, 0.3) is 22.3 Å². The van der Waals surface area contributed by atoms with Gasteiger partial charge in [-0.25, -0.2) is 0 Å². The Kier molecular flexibility index (Phi) is 9.85. The molecule has 3 aromatic rings. The first-order valence-electron chi connectivity index (χ1n) is 12.6. The topological polar surface area (TPSA) is 81.4 Å². The highest BCUT2D eigenvalue weighted by molar-refractivity contribution is 5.88. The summed E-state index contributed by atoms with van der Waals surface area (Å²) in [5.74, 6) is 1.41. The van der Waals surface area contributed by atoms with Crippen molar-refractivity contribution in [1.82, 2.24) is 4.90 Å². The van der Waals surface area contributed by atoms with E-state index >= 15 is 0 Å². The van der Waals surface area contributed by atoms with Crippen LogP contribution in [0.1, 0.15) is 47.0 Å². The Morgan fingerprint density at radius 1 is 0.857 bits per heavy atom. The van der Waals surface area contributed by atoms with Gasteiger partial charge in [-0.05, 0) is 56.6 Å². The molecule has 0 aliphatic carbocycles. The Labute approximate surface area is 207 Å². The molecule has 190 valence electrons. The first kappa shape index (κ1) is 26.4. The lowest BCUT2D eigenvalue weighted by Crippen LogP contribution is -2.25. The lowest BCUT2D eigenvalue weighted by Gasteiger charge is -2.18. The summed E-state index contributed by atoms with van der Waals surface area (Å²) in [7, 11) is 0. The molecule has 0 spiro atoms. The monoisotopic (exact) mass is 483 g/mol. The van der Waals surface area contributed by atoms with Crippen LogP contribution in [-0.2, 0) is 0 Å². The summed E-state index contributed by atoms with van der Waals surface area (Å²) in [6, 6.07) is 10.5. The fourth-order valence-electron chi connectivity index (χ4n) is 3.81. The number of nitrogens with zero attached hydrogens (tertiary/aromatic N) is 1. The van der Waals surface area contributed by atoms with Crippen LogP contribution in [0, 0.1) is 0 Å². The van der Waals surface area contributed by atoms with Gasteiger partial charge in [-0.15, -0.1) is 0 Å². The lowest BCUT2D eigenvalue weighted by molar-refractivity contribution is 0.246. The standard InChI is InChI=1S/C28H37NO6/c1-5-15-32-21-12-10-20(11-13-21)27-28(34-17-9-14-29(7-3)8-4)26(31)25-23(30)18-22(33-16-6-2)19-24(25)35-27/h10-13,18-19,30H,5-9,14-17H2,1-4H3. The van der Waals surface area contributed by atoms with Crippen molar-refractivity contribution >= 4 is 11.0 Å². The van der Waals surface area contributed by atoms with E-state index in [2.05, 4.69) is 25.7 Å². The molecule has 2 aromatic carbocycles. The maximum Gasteiger partial charge on any atom is 0.239 e. The molecule has 1 heterocycles. The maximum absolute atomic E-state index is 13.5. The van der Waals surface area contributed by atoms with Crippen LogP contribution in [0.4, 0.5) is 0 Å². The molecule has 7 heteroatoms. The second-order valence-electron chi connectivity index (χ2n) is 8.36. The molecule has 1 aromatic heterocycles. The van der Waals surface area contributed by atoms with Crippen LogP contribution in [0.15, 0.2) is 45.6 Å². The molecular weight excluding hydrogens is 446 g/mol. The molecule has 0 bridgehead atoms. The number of ether oxygens (including phenoxy) is 3. The minimum atomic E-state index is -0.407. The molecule has 0 unspecified atom stereocenters. The first-order valence-corrected chi connectivity index (χ1v) is 12.6. The van der Waals surface area contributed by atoms with Gasteiger partial charge >= 0.3 is 0 Å². The SMILES string of the molecule is CCCOc1ccc(-c2oc3cc(OCCC)cc(O)c3c(=O)c2OCCCN(CC)CC)cc1. The number of aromatic hydroxyl groups is 1. The van der Waals surface area contributed by atoms with Crippen molar-refractivity contribution in [1.29, 1.82) is 0 Å².